The van der Waals surface area contributed by atoms with Crippen molar-refractivity contribution in [1.82, 2.24) is 16.0 Å². The third-order valence-electron chi connectivity index (χ3n) is 2.15. The van der Waals surface area contributed by atoms with Gasteiger partial charge in [0.05, 0.1) is 12.3 Å². The van der Waals surface area contributed by atoms with Crippen LogP contribution in [0.3, 0.4) is 0 Å². The van der Waals surface area contributed by atoms with Crippen molar-refractivity contribution in [3.8, 4) is 0 Å². The summed E-state index contributed by atoms with van der Waals surface area (Å²) in [5.41, 5.74) is 5.65. The molecule has 0 amide bonds. The van der Waals surface area contributed by atoms with Crippen molar-refractivity contribution in [1.29, 1.82) is 0 Å². The molecular weight excluding hydrogens is 152 g/mol. The van der Waals surface area contributed by atoms with Gasteiger partial charge in [0, 0.05) is 18.6 Å². The number of hydrogen-bond donors (Lipinski definition) is 4. The average molecular weight is 172 g/mol. The summed E-state index contributed by atoms with van der Waals surface area (Å²) < 4.78 is 0. The molecule has 0 radical (unpaired) electrons. The van der Waals surface area contributed by atoms with Crippen molar-refractivity contribution >= 4 is 0 Å². The van der Waals surface area contributed by atoms with Crippen LogP contribution < -0.4 is 21.7 Å². The SMILES string of the molecule is CC1CNC(C)C(N[C@@H](C)N)N1. The van der Waals surface area contributed by atoms with Crippen molar-refractivity contribution in [3.05, 3.63) is 0 Å². The largest absolute Gasteiger partial charge is 0.316 e. The number of hydrogen-bond acceptors (Lipinski definition) is 4. The molecule has 1 heterocycles. The maximum absolute atomic E-state index is 5.65. The number of rotatable bonds is 2. The van der Waals surface area contributed by atoms with Crippen LogP contribution >= 0.6 is 0 Å². The predicted molar refractivity (Wildman–Crippen MR) is 50.6 cm³/mol. The minimum Gasteiger partial charge on any atom is -0.316 e. The minimum absolute atomic E-state index is 0.0389. The van der Waals surface area contributed by atoms with E-state index >= 15 is 0 Å². The fraction of sp³-hybridized carbons (Fsp3) is 1.00. The van der Waals surface area contributed by atoms with Gasteiger partial charge in [-0.3, -0.25) is 10.6 Å². The van der Waals surface area contributed by atoms with E-state index in [1.165, 1.54) is 0 Å². The highest BCUT2D eigenvalue weighted by atomic mass is 15.3. The van der Waals surface area contributed by atoms with E-state index in [-0.39, 0.29) is 12.3 Å². The van der Waals surface area contributed by atoms with Gasteiger partial charge in [-0.1, -0.05) is 0 Å². The van der Waals surface area contributed by atoms with Crippen LogP contribution in [0.25, 0.3) is 0 Å². The Hall–Kier alpha value is -0.160. The third-order valence-corrected chi connectivity index (χ3v) is 2.15. The fourth-order valence-electron chi connectivity index (χ4n) is 1.47. The van der Waals surface area contributed by atoms with Gasteiger partial charge in [-0.15, -0.1) is 0 Å². The first-order valence-corrected chi connectivity index (χ1v) is 4.60. The van der Waals surface area contributed by atoms with E-state index in [1.807, 2.05) is 6.92 Å². The molecule has 4 atom stereocenters. The Kier molecular flexibility index (Phi) is 3.46. The van der Waals surface area contributed by atoms with Gasteiger partial charge < -0.3 is 11.1 Å². The summed E-state index contributed by atoms with van der Waals surface area (Å²) in [7, 11) is 0. The first kappa shape index (κ1) is 9.92. The molecule has 0 spiro atoms. The fourth-order valence-corrected chi connectivity index (χ4v) is 1.47. The summed E-state index contributed by atoms with van der Waals surface area (Å²) in [6.07, 6.45) is 0.325. The van der Waals surface area contributed by atoms with Crippen LogP contribution in [0.2, 0.25) is 0 Å². The second kappa shape index (κ2) is 4.18. The molecule has 1 aliphatic rings. The third kappa shape index (κ3) is 2.71. The summed E-state index contributed by atoms with van der Waals surface area (Å²) in [4.78, 5) is 0. The molecule has 12 heavy (non-hydrogen) atoms. The highest BCUT2D eigenvalue weighted by Gasteiger charge is 2.23. The maximum Gasteiger partial charge on any atom is 0.0741 e. The molecular formula is C8H20N4. The quantitative estimate of drug-likeness (QED) is 0.411. The molecule has 0 bridgehead atoms. The summed E-state index contributed by atoms with van der Waals surface area (Å²) in [5.74, 6) is 0. The molecule has 4 nitrogen and oxygen atoms in total. The standard InChI is InChI=1S/C8H20N4/c1-5-4-10-6(2)8(11-5)12-7(3)9/h5-8,10-12H,4,9H2,1-3H3/t5?,6?,7-,8?/m0/s1. The molecule has 0 aromatic carbocycles. The molecule has 4 heteroatoms. The summed E-state index contributed by atoms with van der Waals surface area (Å²) in [6.45, 7) is 7.29. The molecule has 0 aromatic rings. The van der Waals surface area contributed by atoms with E-state index in [1.54, 1.807) is 0 Å². The lowest BCUT2D eigenvalue weighted by molar-refractivity contribution is 0.237. The van der Waals surface area contributed by atoms with Crippen molar-refractivity contribution in [2.24, 2.45) is 5.73 Å². The van der Waals surface area contributed by atoms with Gasteiger partial charge in [0.2, 0.25) is 0 Å². The zero-order valence-electron chi connectivity index (χ0n) is 8.09. The Morgan fingerprint density at radius 3 is 2.75 bits per heavy atom. The molecule has 0 aromatic heterocycles. The lowest BCUT2D eigenvalue weighted by Gasteiger charge is -2.36. The molecule has 3 unspecified atom stereocenters. The molecule has 1 rings (SSSR count). The first-order chi connectivity index (χ1) is 5.59. The van der Waals surface area contributed by atoms with Crippen molar-refractivity contribution in [2.45, 2.75) is 45.2 Å². The molecule has 1 fully saturated rings. The van der Waals surface area contributed by atoms with Crippen LogP contribution in [-0.2, 0) is 0 Å². The minimum atomic E-state index is 0.0389. The molecule has 1 aliphatic heterocycles. The van der Waals surface area contributed by atoms with E-state index in [9.17, 15) is 0 Å². The topological polar surface area (TPSA) is 62.1 Å². The van der Waals surface area contributed by atoms with E-state index in [0.29, 0.717) is 12.1 Å². The van der Waals surface area contributed by atoms with E-state index in [0.717, 1.165) is 6.54 Å². The molecule has 1 saturated heterocycles. The monoisotopic (exact) mass is 172 g/mol. The first-order valence-electron chi connectivity index (χ1n) is 4.60. The summed E-state index contributed by atoms with van der Waals surface area (Å²) >= 11 is 0. The van der Waals surface area contributed by atoms with Crippen LogP contribution in [-0.4, -0.2) is 31.0 Å². The van der Waals surface area contributed by atoms with Crippen molar-refractivity contribution < 1.29 is 0 Å². The lowest BCUT2D eigenvalue weighted by Crippen LogP contribution is -2.66. The van der Waals surface area contributed by atoms with Gasteiger partial charge >= 0.3 is 0 Å². The van der Waals surface area contributed by atoms with Crippen LogP contribution in [0.15, 0.2) is 0 Å². The predicted octanol–water partition coefficient (Wildman–Crippen LogP) is -0.823. The molecule has 72 valence electrons. The molecule has 5 N–H and O–H groups in total. The van der Waals surface area contributed by atoms with Crippen molar-refractivity contribution in [3.63, 3.8) is 0 Å². The lowest BCUT2D eigenvalue weighted by atomic mass is 10.1. The second-order valence-electron chi connectivity index (χ2n) is 3.70. The van der Waals surface area contributed by atoms with E-state index in [2.05, 4.69) is 29.8 Å². The van der Waals surface area contributed by atoms with E-state index < -0.39 is 0 Å². The normalized spacial score (nSPS) is 39.5. The van der Waals surface area contributed by atoms with Crippen LogP contribution in [0.4, 0.5) is 0 Å². The number of piperazine rings is 1. The van der Waals surface area contributed by atoms with Crippen LogP contribution in [0.5, 0.6) is 0 Å². The maximum atomic E-state index is 5.65. The highest BCUT2D eigenvalue weighted by Crippen LogP contribution is 1.98. The van der Waals surface area contributed by atoms with Crippen LogP contribution in [0, 0.1) is 0 Å². The zero-order valence-corrected chi connectivity index (χ0v) is 8.09. The Bertz CT molecular complexity index is 135. The zero-order chi connectivity index (χ0) is 9.14. The highest BCUT2D eigenvalue weighted by molar-refractivity contribution is 4.86. The smallest absolute Gasteiger partial charge is 0.0741 e. The Labute approximate surface area is 74.3 Å². The van der Waals surface area contributed by atoms with Gasteiger partial charge in [0.15, 0.2) is 0 Å². The van der Waals surface area contributed by atoms with Gasteiger partial charge in [0.25, 0.3) is 0 Å². The number of nitrogens with one attached hydrogen (secondary N) is 3. The molecule has 0 aliphatic carbocycles. The number of nitrogens with two attached hydrogens (primary N) is 1. The van der Waals surface area contributed by atoms with Crippen LogP contribution in [0.1, 0.15) is 20.8 Å². The van der Waals surface area contributed by atoms with Gasteiger partial charge in [-0.2, -0.15) is 0 Å². The molecule has 0 saturated carbocycles. The van der Waals surface area contributed by atoms with Gasteiger partial charge in [0.1, 0.15) is 0 Å². The average Bonchev–Trinajstić information content (AvgIpc) is 1.96. The summed E-state index contributed by atoms with van der Waals surface area (Å²) in [5, 5.41) is 10.1. The summed E-state index contributed by atoms with van der Waals surface area (Å²) in [6, 6.07) is 0.949. The second-order valence-corrected chi connectivity index (χ2v) is 3.70. The Morgan fingerprint density at radius 2 is 2.17 bits per heavy atom. The Balaban J connectivity index is 2.38. The van der Waals surface area contributed by atoms with Crippen molar-refractivity contribution in [2.75, 3.05) is 6.54 Å². The van der Waals surface area contributed by atoms with Gasteiger partial charge in [-0.05, 0) is 20.8 Å². The Morgan fingerprint density at radius 1 is 1.50 bits per heavy atom. The van der Waals surface area contributed by atoms with E-state index in [4.69, 9.17) is 5.73 Å². The van der Waals surface area contributed by atoms with Gasteiger partial charge in [-0.25, -0.2) is 0 Å².